The summed E-state index contributed by atoms with van der Waals surface area (Å²) < 4.78 is 13.5. The molecule has 150 valence electrons. The fourth-order valence-electron chi connectivity index (χ4n) is 3.34. The molecule has 2 amide bonds. The number of anilines is 2. The minimum absolute atomic E-state index is 0.123. The van der Waals surface area contributed by atoms with Gasteiger partial charge in [0, 0.05) is 10.7 Å². The minimum Gasteiger partial charge on any atom is -0.350 e. The predicted molar refractivity (Wildman–Crippen MR) is 117 cm³/mol. The van der Waals surface area contributed by atoms with Gasteiger partial charge in [-0.05, 0) is 61.4 Å². The highest BCUT2D eigenvalue weighted by Crippen LogP contribution is 2.35. The van der Waals surface area contributed by atoms with Crippen LogP contribution in [0, 0.1) is 19.7 Å². The van der Waals surface area contributed by atoms with Crippen LogP contribution in [-0.4, -0.2) is 11.8 Å². The molecule has 1 aliphatic rings. The zero-order chi connectivity index (χ0) is 21.4. The number of rotatable bonds is 4. The lowest BCUT2D eigenvalue weighted by atomic mass is 10.0. The Labute approximate surface area is 178 Å². The zero-order valence-corrected chi connectivity index (χ0v) is 17.1. The Balaban J connectivity index is 1.84. The summed E-state index contributed by atoms with van der Waals surface area (Å²) in [5.74, 6) is -1.38. The average Bonchev–Trinajstić information content (AvgIpc) is 2.97. The Morgan fingerprint density at radius 2 is 1.53 bits per heavy atom. The van der Waals surface area contributed by atoms with Crippen molar-refractivity contribution in [2.75, 3.05) is 10.2 Å². The number of amides is 2. The van der Waals surface area contributed by atoms with Gasteiger partial charge in [-0.2, -0.15) is 0 Å². The molecule has 4 rings (SSSR count). The van der Waals surface area contributed by atoms with E-state index < -0.39 is 17.6 Å². The summed E-state index contributed by atoms with van der Waals surface area (Å²) in [6.45, 7) is 3.75. The van der Waals surface area contributed by atoms with E-state index in [0.717, 1.165) is 16.0 Å². The molecule has 3 aromatic rings. The number of hydrogen-bond donors (Lipinski definition) is 1. The lowest BCUT2D eigenvalue weighted by molar-refractivity contribution is -0.120. The van der Waals surface area contributed by atoms with Crippen LogP contribution in [0.1, 0.15) is 16.7 Å². The van der Waals surface area contributed by atoms with E-state index in [4.69, 9.17) is 11.6 Å². The summed E-state index contributed by atoms with van der Waals surface area (Å²) in [4.78, 5) is 27.8. The number of hydrogen-bond acceptors (Lipinski definition) is 3. The lowest BCUT2D eigenvalue weighted by Gasteiger charge is -2.16. The Kier molecular flexibility index (Phi) is 5.14. The number of aryl methyl sites for hydroxylation is 1. The quantitative estimate of drug-likeness (QED) is 0.567. The summed E-state index contributed by atoms with van der Waals surface area (Å²) in [6, 6.07) is 17.9. The SMILES string of the molecule is Cc1ccc(N2C(=O)C(Nc3cccc(Cl)c3C)=C(c3ccc(F)cc3)C2=O)cc1. The topological polar surface area (TPSA) is 49.4 Å². The van der Waals surface area contributed by atoms with E-state index in [1.54, 1.807) is 30.3 Å². The van der Waals surface area contributed by atoms with Gasteiger partial charge in [-0.3, -0.25) is 9.59 Å². The van der Waals surface area contributed by atoms with Crippen molar-refractivity contribution >= 4 is 40.4 Å². The summed E-state index contributed by atoms with van der Waals surface area (Å²) in [6.07, 6.45) is 0. The Morgan fingerprint density at radius 1 is 0.867 bits per heavy atom. The van der Waals surface area contributed by atoms with Gasteiger partial charge in [-0.15, -0.1) is 0 Å². The van der Waals surface area contributed by atoms with Gasteiger partial charge in [-0.1, -0.05) is 47.5 Å². The number of nitrogens with one attached hydrogen (secondary N) is 1. The van der Waals surface area contributed by atoms with Gasteiger partial charge in [0.25, 0.3) is 11.8 Å². The predicted octanol–water partition coefficient (Wildman–Crippen LogP) is 5.49. The van der Waals surface area contributed by atoms with E-state index in [1.807, 2.05) is 26.0 Å². The maximum absolute atomic E-state index is 13.5. The van der Waals surface area contributed by atoms with Crippen molar-refractivity contribution in [1.82, 2.24) is 0 Å². The van der Waals surface area contributed by atoms with Gasteiger partial charge >= 0.3 is 0 Å². The number of carbonyl (C=O) groups is 2. The molecule has 0 atom stereocenters. The third-order valence-electron chi connectivity index (χ3n) is 5.04. The molecule has 0 fully saturated rings. The van der Waals surface area contributed by atoms with Gasteiger partial charge in [0.15, 0.2) is 0 Å². The second kappa shape index (κ2) is 7.76. The van der Waals surface area contributed by atoms with Crippen molar-refractivity contribution in [3.05, 3.63) is 100.0 Å². The summed E-state index contributed by atoms with van der Waals surface area (Å²) in [7, 11) is 0. The van der Waals surface area contributed by atoms with E-state index in [1.165, 1.54) is 24.3 Å². The van der Waals surface area contributed by atoms with Gasteiger partial charge < -0.3 is 5.32 Å². The van der Waals surface area contributed by atoms with Crippen molar-refractivity contribution < 1.29 is 14.0 Å². The van der Waals surface area contributed by atoms with Crippen molar-refractivity contribution in [2.45, 2.75) is 13.8 Å². The van der Waals surface area contributed by atoms with Crippen molar-refractivity contribution in [1.29, 1.82) is 0 Å². The van der Waals surface area contributed by atoms with Gasteiger partial charge in [-0.25, -0.2) is 9.29 Å². The molecule has 0 saturated carbocycles. The van der Waals surface area contributed by atoms with Gasteiger partial charge in [0.1, 0.15) is 11.5 Å². The number of imide groups is 1. The maximum atomic E-state index is 13.5. The third-order valence-corrected chi connectivity index (χ3v) is 5.45. The molecule has 30 heavy (non-hydrogen) atoms. The van der Waals surface area contributed by atoms with Crippen molar-refractivity contribution in [2.24, 2.45) is 0 Å². The molecule has 0 aromatic heterocycles. The first kappa shape index (κ1) is 19.9. The average molecular weight is 421 g/mol. The van der Waals surface area contributed by atoms with E-state index in [0.29, 0.717) is 22.0 Å². The smallest absolute Gasteiger partial charge is 0.282 e. The molecule has 1 heterocycles. The Morgan fingerprint density at radius 3 is 2.20 bits per heavy atom. The molecule has 1 aliphatic heterocycles. The normalized spacial score (nSPS) is 13.9. The Bertz CT molecular complexity index is 1180. The first-order valence-corrected chi connectivity index (χ1v) is 9.72. The second-order valence-electron chi connectivity index (χ2n) is 7.08. The van der Waals surface area contributed by atoms with Crippen molar-refractivity contribution in [3.63, 3.8) is 0 Å². The van der Waals surface area contributed by atoms with E-state index in [2.05, 4.69) is 5.32 Å². The van der Waals surface area contributed by atoms with Crippen LogP contribution in [-0.2, 0) is 9.59 Å². The fraction of sp³-hybridized carbons (Fsp3) is 0.0833. The zero-order valence-electron chi connectivity index (χ0n) is 16.4. The van der Waals surface area contributed by atoms with Crippen LogP contribution in [0.5, 0.6) is 0 Å². The third kappa shape index (κ3) is 3.48. The van der Waals surface area contributed by atoms with Crippen LogP contribution in [0.15, 0.2) is 72.4 Å². The molecule has 0 saturated heterocycles. The molecule has 0 aliphatic carbocycles. The monoisotopic (exact) mass is 420 g/mol. The molecular formula is C24H18ClFN2O2. The van der Waals surface area contributed by atoms with E-state index >= 15 is 0 Å². The standard InChI is InChI=1S/C24H18ClFN2O2/c1-14-6-12-18(13-7-14)28-23(29)21(16-8-10-17(26)11-9-16)22(24(28)30)27-20-5-3-4-19(25)15(20)2/h3-13,27H,1-2H3. The van der Waals surface area contributed by atoms with Gasteiger partial charge in [0.05, 0.1) is 11.3 Å². The van der Waals surface area contributed by atoms with Crippen LogP contribution in [0.4, 0.5) is 15.8 Å². The lowest BCUT2D eigenvalue weighted by Crippen LogP contribution is -2.32. The van der Waals surface area contributed by atoms with Crippen LogP contribution in [0.25, 0.3) is 5.57 Å². The van der Waals surface area contributed by atoms with Crippen LogP contribution < -0.4 is 10.2 Å². The molecule has 0 radical (unpaired) electrons. The maximum Gasteiger partial charge on any atom is 0.282 e. The highest BCUT2D eigenvalue weighted by Gasteiger charge is 2.40. The molecule has 1 N–H and O–H groups in total. The molecule has 0 bridgehead atoms. The number of halogens is 2. The molecule has 3 aromatic carbocycles. The summed E-state index contributed by atoms with van der Waals surface area (Å²) in [5, 5.41) is 3.63. The summed E-state index contributed by atoms with van der Waals surface area (Å²) in [5.41, 5.74) is 3.60. The van der Waals surface area contributed by atoms with Crippen molar-refractivity contribution in [3.8, 4) is 0 Å². The highest BCUT2D eigenvalue weighted by molar-refractivity contribution is 6.46. The molecule has 6 heteroatoms. The largest absolute Gasteiger partial charge is 0.350 e. The molecular weight excluding hydrogens is 403 g/mol. The molecule has 0 spiro atoms. The number of benzene rings is 3. The Hall–Kier alpha value is -3.44. The highest BCUT2D eigenvalue weighted by atomic mass is 35.5. The summed E-state index contributed by atoms with van der Waals surface area (Å²) >= 11 is 6.21. The molecule has 4 nitrogen and oxygen atoms in total. The van der Waals surface area contributed by atoms with Gasteiger partial charge in [0.2, 0.25) is 0 Å². The number of carbonyl (C=O) groups excluding carboxylic acids is 2. The van der Waals surface area contributed by atoms with Crippen LogP contribution in [0.3, 0.4) is 0 Å². The van der Waals surface area contributed by atoms with Crippen LogP contribution in [0.2, 0.25) is 5.02 Å². The minimum atomic E-state index is -0.484. The second-order valence-corrected chi connectivity index (χ2v) is 7.48. The van der Waals surface area contributed by atoms with E-state index in [9.17, 15) is 14.0 Å². The van der Waals surface area contributed by atoms with Crippen LogP contribution >= 0.6 is 11.6 Å². The first-order valence-electron chi connectivity index (χ1n) is 9.34. The van der Waals surface area contributed by atoms with E-state index in [-0.39, 0.29) is 11.3 Å². The molecule has 0 unspecified atom stereocenters. The number of nitrogens with zero attached hydrogens (tertiary/aromatic N) is 1. The first-order chi connectivity index (χ1) is 14.4. The fourth-order valence-corrected chi connectivity index (χ4v) is 3.51.